The number of ketones is 1. The van der Waals surface area contributed by atoms with Gasteiger partial charge in [0.1, 0.15) is 10.6 Å². The van der Waals surface area contributed by atoms with E-state index >= 15 is 0 Å². The van der Waals surface area contributed by atoms with Gasteiger partial charge in [-0.15, -0.1) is 0 Å². The minimum Gasteiger partial charge on any atom is -0.292 e. The van der Waals surface area contributed by atoms with E-state index in [1.165, 1.54) is 13.8 Å². The molecule has 0 radical (unpaired) electrons. The summed E-state index contributed by atoms with van der Waals surface area (Å²) in [6.45, 7) is 2.47. The van der Waals surface area contributed by atoms with Gasteiger partial charge in [-0.25, -0.2) is 12.8 Å². The van der Waals surface area contributed by atoms with Crippen molar-refractivity contribution < 1.29 is 17.6 Å². The highest BCUT2D eigenvalue weighted by Crippen LogP contribution is 2.29. The first-order chi connectivity index (χ1) is 7.98. The van der Waals surface area contributed by atoms with Crippen LogP contribution >= 0.6 is 27.5 Å². The first kappa shape index (κ1) is 15.6. The summed E-state index contributed by atoms with van der Waals surface area (Å²) in [5, 5.41) is 0.143. The maximum Gasteiger partial charge on any atom is 0.186 e. The number of rotatable bonds is 3. The molecule has 7 heteroatoms. The Labute approximate surface area is 118 Å². The van der Waals surface area contributed by atoms with Crippen LogP contribution in [0.3, 0.4) is 0 Å². The zero-order valence-electron chi connectivity index (χ0n) is 9.92. The van der Waals surface area contributed by atoms with Crippen molar-refractivity contribution in [3.63, 3.8) is 0 Å². The van der Waals surface area contributed by atoms with Crippen molar-refractivity contribution >= 4 is 43.2 Å². The van der Waals surface area contributed by atoms with E-state index < -0.39 is 26.2 Å². The predicted octanol–water partition coefficient (Wildman–Crippen LogP) is 3.25. The van der Waals surface area contributed by atoms with Gasteiger partial charge in [-0.2, -0.15) is 0 Å². The highest BCUT2D eigenvalue weighted by Gasteiger charge is 2.40. The van der Waals surface area contributed by atoms with Gasteiger partial charge >= 0.3 is 0 Å². The molecule has 0 aromatic heterocycles. The van der Waals surface area contributed by atoms with Crippen molar-refractivity contribution in [1.82, 2.24) is 0 Å². The van der Waals surface area contributed by atoms with Gasteiger partial charge in [-0.05, 0) is 41.9 Å². The van der Waals surface area contributed by atoms with Gasteiger partial charge < -0.3 is 0 Å². The summed E-state index contributed by atoms with van der Waals surface area (Å²) >= 11 is 8.80. The quantitative estimate of drug-likeness (QED) is 0.616. The molecule has 0 aliphatic heterocycles. The molecular formula is C11H11BrClFO3S. The monoisotopic (exact) mass is 356 g/mol. The zero-order valence-corrected chi connectivity index (χ0v) is 13.1. The molecule has 0 heterocycles. The summed E-state index contributed by atoms with van der Waals surface area (Å²) < 4.78 is 35.4. The lowest BCUT2D eigenvalue weighted by Crippen LogP contribution is -2.40. The largest absolute Gasteiger partial charge is 0.292 e. The third-order valence-corrected chi connectivity index (χ3v) is 5.96. The van der Waals surface area contributed by atoms with Crippen LogP contribution in [0.5, 0.6) is 0 Å². The lowest BCUT2D eigenvalue weighted by Gasteiger charge is -2.21. The predicted molar refractivity (Wildman–Crippen MR) is 72.4 cm³/mol. The Morgan fingerprint density at radius 3 is 2.33 bits per heavy atom. The third kappa shape index (κ3) is 2.75. The second-order valence-electron chi connectivity index (χ2n) is 4.36. The Hall–Kier alpha value is -0.460. The molecular weight excluding hydrogens is 347 g/mol. The molecule has 18 heavy (non-hydrogen) atoms. The molecule has 0 atom stereocenters. The lowest BCUT2D eigenvalue weighted by atomic mass is 10.00. The Morgan fingerprint density at radius 2 is 1.89 bits per heavy atom. The molecule has 100 valence electrons. The maximum atomic E-state index is 13.7. The molecule has 0 unspecified atom stereocenters. The van der Waals surface area contributed by atoms with Crippen molar-refractivity contribution in [1.29, 1.82) is 0 Å². The van der Waals surface area contributed by atoms with E-state index in [2.05, 4.69) is 15.9 Å². The summed E-state index contributed by atoms with van der Waals surface area (Å²) in [4.78, 5) is 12.1. The molecule has 1 rings (SSSR count). The van der Waals surface area contributed by atoms with E-state index in [1.807, 2.05) is 0 Å². The topological polar surface area (TPSA) is 51.2 Å². The van der Waals surface area contributed by atoms with Gasteiger partial charge in [0.25, 0.3) is 0 Å². The molecule has 0 bridgehead atoms. The molecule has 0 aliphatic rings. The number of halogens is 3. The van der Waals surface area contributed by atoms with E-state index in [-0.39, 0.29) is 10.6 Å². The standard InChI is InChI=1S/C11H11BrClFO3S/c1-11(2,18(3,16)17)10(15)6-4-8(13)7(12)5-9(6)14/h4-5H,1-3H3. The molecule has 1 aromatic rings. The fourth-order valence-corrected chi connectivity index (χ4v) is 2.12. The summed E-state index contributed by atoms with van der Waals surface area (Å²) in [5.74, 6) is -1.63. The van der Waals surface area contributed by atoms with E-state index in [1.54, 1.807) is 0 Å². The Bertz CT molecular complexity index is 611. The first-order valence-electron chi connectivity index (χ1n) is 4.87. The Kier molecular flexibility index (Phi) is 4.25. The SMILES string of the molecule is CC(C)(C(=O)c1cc(Cl)c(Br)cc1F)S(C)(=O)=O. The highest BCUT2D eigenvalue weighted by atomic mass is 79.9. The van der Waals surface area contributed by atoms with Crippen LogP contribution in [0.1, 0.15) is 24.2 Å². The van der Waals surface area contributed by atoms with Crippen LogP contribution in [-0.2, 0) is 9.84 Å². The lowest BCUT2D eigenvalue weighted by molar-refractivity contribution is 0.0950. The van der Waals surface area contributed by atoms with Crippen LogP contribution < -0.4 is 0 Å². The van der Waals surface area contributed by atoms with Gasteiger partial charge in [-0.3, -0.25) is 4.79 Å². The average Bonchev–Trinajstić information content (AvgIpc) is 2.20. The van der Waals surface area contributed by atoms with Crippen LogP contribution in [0.15, 0.2) is 16.6 Å². The summed E-state index contributed by atoms with van der Waals surface area (Å²) in [6, 6.07) is 2.16. The number of carbonyl (C=O) groups excluding carboxylic acids is 1. The minimum absolute atomic E-state index is 0.143. The van der Waals surface area contributed by atoms with Crippen molar-refractivity contribution in [3.8, 4) is 0 Å². The number of sulfone groups is 1. The van der Waals surface area contributed by atoms with Crippen molar-refractivity contribution in [2.45, 2.75) is 18.6 Å². The van der Waals surface area contributed by atoms with Gasteiger partial charge in [0.05, 0.1) is 10.6 Å². The number of hydrogen-bond acceptors (Lipinski definition) is 3. The molecule has 0 N–H and O–H groups in total. The summed E-state index contributed by atoms with van der Waals surface area (Å²) in [7, 11) is -3.66. The first-order valence-corrected chi connectivity index (χ1v) is 7.93. The van der Waals surface area contributed by atoms with Crippen molar-refractivity contribution in [3.05, 3.63) is 33.0 Å². The molecule has 0 fully saturated rings. The fraction of sp³-hybridized carbons (Fsp3) is 0.364. The number of Topliss-reactive ketones (excluding diaryl/α,β-unsaturated/α-hetero) is 1. The smallest absolute Gasteiger partial charge is 0.186 e. The zero-order chi connectivity index (χ0) is 14.3. The molecule has 0 amide bonds. The molecule has 1 aromatic carbocycles. The van der Waals surface area contributed by atoms with Crippen LogP contribution in [0, 0.1) is 5.82 Å². The summed E-state index contributed by atoms with van der Waals surface area (Å²) in [5.41, 5.74) is -0.335. The second kappa shape index (κ2) is 4.90. The van der Waals surface area contributed by atoms with E-state index in [4.69, 9.17) is 11.6 Å². The van der Waals surface area contributed by atoms with Crippen molar-refractivity contribution in [2.24, 2.45) is 0 Å². The molecule has 0 saturated carbocycles. The van der Waals surface area contributed by atoms with Crippen LogP contribution in [0.25, 0.3) is 0 Å². The highest BCUT2D eigenvalue weighted by molar-refractivity contribution is 9.10. The van der Waals surface area contributed by atoms with Crippen molar-refractivity contribution in [2.75, 3.05) is 6.26 Å². The molecule has 0 spiro atoms. The minimum atomic E-state index is -3.66. The second-order valence-corrected chi connectivity index (χ2v) is 8.18. The van der Waals surface area contributed by atoms with E-state index in [9.17, 15) is 17.6 Å². The Balaban J connectivity index is 3.42. The molecule has 3 nitrogen and oxygen atoms in total. The van der Waals surface area contributed by atoms with Crippen LogP contribution in [-0.4, -0.2) is 25.2 Å². The molecule has 0 aliphatic carbocycles. The number of benzene rings is 1. The van der Waals surface area contributed by atoms with Gasteiger partial charge in [-0.1, -0.05) is 11.6 Å². The van der Waals surface area contributed by atoms with E-state index in [0.717, 1.165) is 18.4 Å². The van der Waals surface area contributed by atoms with Gasteiger partial charge in [0, 0.05) is 10.7 Å². The molecule has 0 saturated heterocycles. The average molecular weight is 358 g/mol. The number of carbonyl (C=O) groups is 1. The number of hydrogen-bond donors (Lipinski definition) is 0. The normalized spacial score (nSPS) is 12.6. The van der Waals surface area contributed by atoms with Gasteiger partial charge in [0.2, 0.25) is 0 Å². The van der Waals surface area contributed by atoms with Gasteiger partial charge in [0.15, 0.2) is 15.6 Å². The maximum absolute atomic E-state index is 13.7. The Morgan fingerprint density at radius 1 is 1.39 bits per heavy atom. The van der Waals surface area contributed by atoms with E-state index in [0.29, 0.717) is 4.47 Å². The third-order valence-electron chi connectivity index (χ3n) is 2.73. The summed E-state index contributed by atoms with van der Waals surface area (Å²) in [6.07, 6.45) is 0.934. The van der Waals surface area contributed by atoms with Crippen LogP contribution in [0.2, 0.25) is 5.02 Å². The fourth-order valence-electron chi connectivity index (χ4n) is 1.19. The van der Waals surface area contributed by atoms with Crippen LogP contribution in [0.4, 0.5) is 4.39 Å².